The first kappa shape index (κ1) is 9.88. The Morgan fingerprint density at radius 3 is 2.00 bits per heavy atom. The predicted molar refractivity (Wildman–Crippen MR) is 13.6 cm³/mol. The number of hydrogen-bond donors (Lipinski definition) is 1. The van der Waals surface area contributed by atoms with Crippen LogP contribution in [0, 0.1) is 40.4 Å². The van der Waals surface area contributed by atoms with Gasteiger partial charge in [0.05, 0.1) is 0 Å². The fourth-order valence-corrected chi connectivity index (χ4v) is 0. The Labute approximate surface area is 66.8 Å². The van der Waals surface area contributed by atoms with E-state index in [4.69, 9.17) is 9.90 Å². The van der Waals surface area contributed by atoms with E-state index in [0.717, 1.165) is 0 Å². The number of aliphatic carboxylic acids is 1. The Kier molecular flexibility index (Phi) is 9.45. The van der Waals surface area contributed by atoms with E-state index in [2.05, 4.69) is 0 Å². The van der Waals surface area contributed by atoms with Gasteiger partial charge in [0, 0.05) is 40.4 Å². The van der Waals surface area contributed by atoms with Gasteiger partial charge in [0.2, 0.25) is 0 Å². The second-order valence-electron chi connectivity index (χ2n) is 0.527. The maximum absolute atomic E-state index is 10.5. The summed E-state index contributed by atoms with van der Waals surface area (Å²) in [5, 5.41) is 7.35. The number of carboxylic acid groups (broad SMARTS) is 1. The third-order valence-corrected chi connectivity index (χ3v) is 0.114. The quantitative estimate of drug-likeness (QED) is 0.688. The van der Waals surface area contributed by atoms with Crippen molar-refractivity contribution in [2.24, 2.45) is 0 Å². The third-order valence-electron chi connectivity index (χ3n) is 0.114. The first-order chi connectivity index (χ1) is 2.27. The number of halogens is 1. The Hall–Kier alpha value is 0.738. The smallest absolute Gasteiger partial charge is 0.335 e. The number of rotatable bonds is 1. The molecule has 0 fully saturated rings. The van der Waals surface area contributed by atoms with E-state index in [1.165, 1.54) is 0 Å². The van der Waals surface area contributed by atoms with Crippen molar-refractivity contribution in [3.05, 3.63) is 0 Å². The van der Waals surface area contributed by atoms with E-state index in [1.54, 1.807) is 0 Å². The van der Waals surface area contributed by atoms with Crippen molar-refractivity contribution in [2.75, 3.05) is 6.67 Å². The molecule has 0 bridgehead atoms. The molecule has 4 heteroatoms. The molecule has 36 valence electrons. The van der Waals surface area contributed by atoms with Crippen LogP contribution < -0.4 is 0 Å². The number of hydrogen-bond acceptors (Lipinski definition) is 1. The van der Waals surface area contributed by atoms with Crippen LogP contribution in [-0.4, -0.2) is 17.8 Å². The minimum Gasteiger partial charge on any atom is -0.479 e. The van der Waals surface area contributed by atoms with Crippen molar-refractivity contribution in [3.8, 4) is 0 Å². The van der Waals surface area contributed by atoms with Crippen LogP contribution in [0.3, 0.4) is 0 Å². The van der Waals surface area contributed by atoms with Crippen LogP contribution in [0.4, 0.5) is 4.39 Å². The Bertz CT molecular complexity index is 46.8. The fraction of sp³-hybridized carbons (Fsp3) is 0.500. The third kappa shape index (κ3) is 8.83. The minimum atomic E-state index is -1.41. The van der Waals surface area contributed by atoms with E-state index in [0.29, 0.717) is 0 Å². The summed E-state index contributed by atoms with van der Waals surface area (Å²) in [5.74, 6) is -1.41. The van der Waals surface area contributed by atoms with Crippen molar-refractivity contribution >= 4 is 5.97 Å². The van der Waals surface area contributed by atoms with E-state index in [-0.39, 0.29) is 40.4 Å². The van der Waals surface area contributed by atoms with Crippen LogP contribution >= 0.6 is 0 Å². The molecule has 0 aromatic rings. The summed E-state index contributed by atoms with van der Waals surface area (Å²) in [5.41, 5.74) is 0. The summed E-state index contributed by atoms with van der Waals surface area (Å²) in [7, 11) is 0. The fourth-order valence-electron chi connectivity index (χ4n) is 0. The van der Waals surface area contributed by atoms with Gasteiger partial charge in [-0.25, -0.2) is 9.18 Å². The van der Waals surface area contributed by atoms with E-state index in [9.17, 15) is 4.39 Å². The van der Waals surface area contributed by atoms with Crippen molar-refractivity contribution < 1.29 is 54.7 Å². The van der Waals surface area contributed by atoms with Gasteiger partial charge in [0.1, 0.15) is 0 Å². The normalized spacial score (nSPS) is 6.17. The van der Waals surface area contributed by atoms with Crippen LogP contribution in [0.1, 0.15) is 0 Å². The van der Waals surface area contributed by atoms with Gasteiger partial charge in [0.15, 0.2) is 6.67 Å². The van der Waals surface area contributed by atoms with E-state index in [1.807, 2.05) is 0 Å². The topological polar surface area (TPSA) is 37.3 Å². The molecule has 0 unspecified atom stereocenters. The molecule has 0 rings (SSSR count). The van der Waals surface area contributed by atoms with Crippen LogP contribution in [0.5, 0.6) is 0 Å². The minimum absolute atomic E-state index is 0. The zero-order chi connectivity index (χ0) is 4.28. The Morgan fingerprint density at radius 2 is 2.00 bits per heavy atom. The molecule has 0 aliphatic carbocycles. The number of carbonyl (C=O) groups is 1. The monoisotopic (exact) mass is 230 g/mol. The van der Waals surface area contributed by atoms with Gasteiger partial charge in [-0.2, -0.15) is 0 Å². The number of alkyl halides is 1. The van der Waals surface area contributed by atoms with Crippen molar-refractivity contribution in [1.82, 2.24) is 0 Å². The summed E-state index contributed by atoms with van der Waals surface area (Å²) >= 11 is 0. The molecule has 0 atom stereocenters. The number of carboxylic acids is 1. The molecule has 0 spiro atoms. The summed E-state index contributed by atoms with van der Waals surface area (Å²) in [6, 6.07) is 0. The average molecular weight is 228 g/mol. The molecule has 0 aromatic carbocycles. The second kappa shape index (κ2) is 5.74. The maximum atomic E-state index is 10.5. The summed E-state index contributed by atoms with van der Waals surface area (Å²) in [6.07, 6.45) is 0. The van der Waals surface area contributed by atoms with Gasteiger partial charge >= 0.3 is 5.97 Å². The molecule has 0 aliphatic heterocycles. The predicted octanol–water partition coefficient (Wildman–Crippen LogP) is 0.0405. The van der Waals surface area contributed by atoms with Crippen molar-refractivity contribution in [3.63, 3.8) is 0 Å². The molecular weight excluding hydrogens is 225 g/mol. The van der Waals surface area contributed by atoms with Crippen LogP contribution in [0.25, 0.3) is 0 Å². The zero-order valence-corrected chi connectivity index (χ0v) is 5.47. The van der Waals surface area contributed by atoms with Crippen molar-refractivity contribution in [2.45, 2.75) is 0 Å². The van der Waals surface area contributed by atoms with Gasteiger partial charge in [-0.1, -0.05) is 0 Å². The molecule has 0 saturated heterocycles. The molecule has 2 nitrogen and oxygen atoms in total. The molecule has 0 aromatic heterocycles. The van der Waals surface area contributed by atoms with Gasteiger partial charge in [-0.15, -0.1) is 0 Å². The van der Waals surface area contributed by atoms with Crippen molar-refractivity contribution in [1.29, 1.82) is 0 Å². The first-order valence-corrected chi connectivity index (χ1v) is 1.05. The molecular formula is C2H3FO2Sm. The summed E-state index contributed by atoms with van der Waals surface area (Å²) in [4.78, 5) is 8.99. The Balaban J connectivity index is 0. The van der Waals surface area contributed by atoms with Gasteiger partial charge in [-0.3, -0.25) is 0 Å². The van der Waals surface area contributed by atoms with E-state index < -0.39 is 12.6 Å². The molecule has 0 amide bonds. The maximum Gasteiger partial charge on any atom is 0.335 e. The summed E-state index contributed by atoms with van der Waals surface area (Å²) in [6.45, 7) is -1.28. The van der Waals surface area contributed by atoms with E-state index >= 15 is 0 Å². The molecule has 0 heterocycles. The first-order valence-electron chi connectivity index (χ1n) is 1.05. The van der Waals surface area contributed by atoms with Crippen LogP contribution in [-0.2, 0) is 4.79 Å². The molecule has 6 heavy (non-hydrogen) atoms. The summed E-state index contributed by atoms with van der Waals surface area (Å²) < 4.78 is 10.5. The molecule has 0 radical (unpaired) electrons. The molecule has 0 saturated carbocycles. The Morgan fingerprint density at radius 1 is 1.83 bits per heavy atom. The largest absolute Gasteiger partial charge is 0.479 e. The zero-order valence-electron chi connectivity index (χ0n) is 2.85. The van der Waals surface area contributed by atoms with Gasteiger partial charge in [-0.05, 0) is 0 Å². The van der Waals surface area contributed by atoms with Gasteiger partial charge in [0.25, 0.3) is 0 Å². The average Bonchev–Trinajstić information content (AvgIpc) is 1.38. The van der Waals surface area contributed by atoms with Crippen LogP contribution in [0.15, 0.2) is 0 Å². The second-order valence-corrected chi connectivity index (χ2v) is 0.527. The molecule has 1 N–H and O–H groups in total. The SMILES string of the molecule is O=C(O)CF.[Sm]. The van der Waals surface area contributed by atoms with Crippen LogP contribution in [0.2, 0.25) is 0 Å². The standard InChI is InChI=1S/C2H3FO2.Sm/c3-1-2(4)5;/h1H2,(H,4,5);. The van der Waals surface area contributed by atoms with Gasteiger partial charge < -0.3 is 5.11 Å². The molecule has 0 aliphatic rings.